The van der Waals surface area contributed by atoms with Crippen molar-refractivity contribution in [2.24, 2.45) is 4.99 Å². The van der Waals surface area contributed by atoms with Gasteiger partial charge in [-0.25, -0.2) is 9.38 Å². The first kappa shape index (κ1) is 19.0. The fourth-order valence-electron chi connectivity index (χ4n) is 3.29. The highest BCUT2D eigenvalue weighted by atomic mass is 35.5. The van der Waals surface area contributed by atoms with Gasteiger partial charge in [0.25, 0.3) is 5.91 Å². The number of amides is 1. The first-order chi connectivity index (χ1) is 13.5. The van der Waals surface area contributed by atoms with E-state index in [-0.39, 0.29) is 11.7 Å². The van der Waals surface area contributed by atoms with E-state index in [1.54, 1.807) is 18.2 Å². The van der Waals surface area contributed by atoms with Crippen LogP contribution in [-0.4, -0.2) is 24.2 Å². The van der Waals surface area contributed by atoms with Gasteiger partial charge in [-0.05, 0) is 73.0 Å². The Hall–Kier alpha value is -2.31. The number of hydrogen-bond acceptors (Lipinski definition) is 4. The third-order valence-electron chi connectivity index (χ3n) is 4.83. The van der Waals surface area contributed by atoms with E-state index < -0.39 is 0 Å². The number of anilines is 1. The summed E-state index contributed by atoms with van der Waals surface area (Å²) >= 11 is 7.36. The molecule has 0 aromatic heterocycles. The van der Waals surface area contributed by atoms with Crippen LogP contribution in [0.15, 0.2) is 46.3 Å². The Bertz CT molecular complexity index is 999. The second-order valence-electron chi connectivity index (χ2n) is 6.77. The van der Waals surface area contributed by atoms with Crippen molar-refractivity contribution in [1.29, 1.82) is 0 Å². The molecule has 0 aliphatic carbocycles. The maximum atomic E-state index is 14.5. The molecule has 1 amide bonds. The van der Waals surface area contributed by atoms with Gasteiger partial charge in [0.15, 0.2) is 5.17 Å². The lowest BCUT2D eigenvalue weighted by molar-refractivity contribution is -0.115. The lowest BCUT2D eigenvalue weighted by Crippen LogP contribution is -2.19. The standard InChI is InChI=1S/C21H19ClFN3OS/c1-13-15(22)5-4-6-17(13)24-21-25-20(27)19(28-21)12-14-7-8-18(16(23)11-14)26-9-2-3-10-26/h4-8,11-12H,2-3,9-10H2,1H3,(H,24,25,27)/b19-12-. The number of thioether (sulfide) groups is 1. The Morgan fingerprint density at radius 3 is 2.79 bits per heavy atom. The zero-order chi connectivity index (χ0) is 19.7. The third kappa shape index (κ3) is 3.93. The van der Waals surface area contributed by atoms with E-state index in [0.717, 1.165) is 31.5 Å². The number of nitrogens with one attached hydrogen (secondary N) is 1. The van der Waals surface area contributed by atoms with Gasteiger partial charge in [0.2, 0.25) is 0 Å². The number of aliphatic imine (C=N–C) groups is 1. The van der Waals surface area contributed by atoms with Crippen molar-refractivity contribution in [2.45, 2.75) is 19.8 Å². The Balaban J connectivity index is 1.55. The summed E-state index contributed by atoms with van der Waals surface area (Å²) in [5.41, 5.74) is 2.83. The Kier molecular flexibility index (Phi) is 5.42. The zero-order valence-electron chi connectivity index (χ0n) is 15.3. The number of benzene rings is 2. The molecule has 4 rings (SSSR count). The second-order valence-corrected chi connectivity index (χ2v) is 8.21. The SMILES string of the molecule is Cc1c(Cl)cccc1N=C1NC(=O)/C(=C/c2ccc(N3CCCC3)c(F)c2)S1. The average molecular weight is 416 g/mol. The molecule has 0 unspecified atom stereocenters. The van der Waals surface area contributed by atoms with Crippen LogP contribution in [0, 0.1) is 12.7 Å². The van der Waals surface area contributed by atoms with Crippen molar-refractivity contribution in [3.05, 3.63) is 63.3 Å². The molecular weight excluding hydrogens is 397 g/mol. The van der Waals surface area contributed by atoms with Crippen LogP contribution in [0.1, 0.15) is 24.0 Å². The third-order valence-corrected chi connectivity index (χ3v) is 6.15. The molecule has 2 aliphatic heterocycles. The van der Waals surface area contributed by atoms with E-state index in [2.05, 4.69) is 15.2 Å². The van der Waals surface area contributed by atoms with Crippen molar-refractivity contribution in [3.8, 4) is 0 Å². The minimum atomic E-state index is -0.261. The minimum absolute atomic E-state index is 0.243. The van der Waals surface area contributed by atoms with Gasteiger partial charge in [-0.3, -0.25) is 4.79 Å². The number of hydrogen-bond donors (Lipinski definition) is 1. The fraction of sp³-hybridized carbons (Fsp3) is 0.238. The van der Waals surface area contributed by atoms with Crippen LogP contribution in [0.4, 0.5) is 15.8 Å². The summed E-state index contributed by atoms with van der Waals surface area (Å²) in [6.07, 6.45) is 3.87. The van der Waals surface area contributed by atoms with Crippen molar-refractivity contribution >= 4 is 51.9 Å². The fourth-order valence-corrected chi connectivity index (χ4v) is 4.29. The van der Waals surface area contributed by atoms with Gasteiger partial charge >= 0.3 is 0 Å². The molecule has 1 N–H and O–H groups in total. The van der Waals surface area contributed by atoms with Crippen LogP contribution < -0.4 is 10.2 Å². The van der Waals surface area contributed by atoms with E-state index in [4.69, 9.17) is 11.6 Å². The largest absolute Gasteiger partial charge is 0.369 e. The maximum absolute atomic E-state index is 14.5. The summed E-state index contributed by atoms with van der Waals surface area (Å²) in [4.78, 5) is 19.3. The van der Waals surface area contributed by atoms with E-state index in [9.17, 15) is 9.18 Å². The van der Waals surface area contributed by atoms with Crippen LogP contribution in [0.5, 0.6) is 0 Å². The van der Waals surface area contributed by atoms with Crippen molar-refractivity contribution in [3.63, 3.8) is 0 Å². The lowest BCUT2D eigenvalue weighted by Gasteiger charge is -2.18. The molecule has 2 aromatic carbocycles. The molecule has 28 heavy (non-hydrogen) atoms. The molecule has 2 saturated heterocycles. The molecule has 0 radical (unpaired) electrons. The second kappa shape index (κ2) is 7.97. The predicted octanol–water partition coefficient (Wildman–Crippen LogP) is 5.28. The molecule has 144 valence electrons. The smallest absolute Gasteiger partial charge is 0.264 e. The molecule has 0 atom stereocenters. The summed E-state index contributed by atoms with van der Waals surface area (Å²) in [7, 11) is 0. The van der Waals surface area contributed by atoms with Gasteiger partial charge in [0.05, 0.1) is 16.3 Å². The van der Waals surface area contributed by atoms with Gasteiger partial charge in [0, 0.05) is 18.1 Å². The van der Waals surface area contributed by atoms with Crippen LogP contribution in [-0.2, 0) is 4.79 Å². The molecule has 0 bridgehead atoms. The Labute approximate surface area is 172 Å². The number of carbonyl (C=O) groups is 1. The summed E-state index contributed by atoms with van der Waals surface area (Å²) < 4.78 is 14.5. The molecule has 2 fully saturated rings. The molecule has 2 aliphatic rings. The average Bonchev–Trinajstić information content (AvgIpc) is 3.30. The monoisotopic (exact) mass is 415 g/mol. The van der Waals surface area contributed by atoms with Gasteiger partial charge in [-0.2, -0.15) is 0 Å². The van der Waals surface area contributed by atoms with Crippen LogP contribution >= 0.6 is 23.4 Å². The van der Waals surface area contributed by atoms with Crippen molar-refractivity contribution < 1.29 is 9.18 Å². The molecule has 2 heterocycles. The quantitative estimate of drug-likeness (QED) is 0.693. The Morgan fingerprint density at radius 2 is 2.04 bits per heavy atom. The van der Waals surface area contributed by atoms with Gasteiger partial charge in [-0.1, -0.05) is 23.7 Å². The van der Waals surface area contributed by atoms with Crippen LogP contribution in [0.2, 0.25) is 5.02 Å². The highest BCUT2D eigenvalue weighted by molar-refractivity contribution is 8.18. The summed E-state index contributed by atoms with van der Waals surface area (Å²) in [5.74, 6) is -0.504. The molecule has 7 heteroatoms. The number of rotatable bonds is 3. The molecule has 0 saturated carbocycles. The number of nitrogens with zero attached hydrogens (tertiary/aromatic N) is 2. The predicted molar refractivity (Wildman–Crippen MR) is 115 cm³/mol. The molecular formula is C21H19ClFN3OS. The van der Waals surface area contributed by atoms with Gasteiger partial charge in [0.1, 0.15) is 5.82 Å². The summed E-state index contributed by atoms with van der Waals surface area (Å²) in [6.45, 7) is 3.65. The maximum Gasteiger partial charge on any atom is 0.264 e. The van der Waals surface area contributed by atoms with Gasteiger partial charge in [-0.15, -0.1) is 0 Å². The normalized spacial score (nSPS) is 19.7. The zero-order valence-corrected chi connectivity index (χ0v) is 16.9. The minimum Gasteiger partial charge on any atom is -0.369 e. The van der Waals surface area contributed by atoms with Crippen molar-refractivity contribution in [2.75, 3.05) is 18.0 Å². The highest BCUT2D eigenvalue weighted by Gasteiger charge is 2.24. The van der Waals surface area contributed by atoms with E-state index in [1.807, 2.05) is 25.1 Å². The summed E-state index contributed by atoms with van der Waals surface area (Å²) in [5, 5.41) is 3.86. The number of halogens is 2. The van der Waals surface area contributed by atoms with E-state index in [0.29, 0.717) is 32.0 Å². The topological polar surface area (TPSA) is 44.7 Å². The molecule has 4 nitrogen and oxygen atoms in total. The lowest BCUT2D eigenvalue weighted by atomic mass is 10.1. The van der Waals surface area contributed by atoms with Crippen LogP contribution in [0.25, 0.3) is 6.08 Å². The summed E-state index contributed by atoms with van der Waals surface area (Å²) in [6, 6.07) is 10.6. The van der Waals surface area contributed by atoms with E-state index in [1.165, 1.54) is 17.8 Å². The van der Waals surface area contributed by atoms with Crippen LogP contribution in [0.3, 0.4) is 0 Å². The number of carbonyl (C=O) groups excluding carboxylic acids is 1. The number of amidine groups is 1. The highest BCUT2D eigenvalue weighted by Crippen LogP contribution is 2.32. The van der Waals surface area contributed by atoms with Crippen molar-refractivity contribution in [1.82, 2.24) is 5.32 Å². The van der Waals surface area contributed by atoms with E-state index >= 15 is 0 Å². The molecule has 0 spiro atoms. The Morgan fingerprint density at radius 1 is 1.25 bits per heavy atom. The first-order valence-electron chi connectivity index (χ1n) is 9.10. The molecule has 2 aromatic rings. The van der Waals surface area contributed by atoms with Gasteiger partial charge < -0.3 is 10.2 Å². The first-order valence-corrected chi connectivity index (χ1v) is 10.3.